The average molecular weight is 248 g/mol. The Balaban J connectivity index is 2.32. The van der Waals surface area contributed by atoms with Crippen LogP contribution in [0.3, 0.4) is 0 Å². The van der Waals surface area contributed by atoms with Crippen LogP contribution in [-0.2, 0) is 6.42 Å². The minimum Gasteiger partial charge on any atom is -0.496 e. The fourth-order valence-corrected chi connectivity index (χ4v) is 2.73. The maximum absolute atomic E-state index is 10.3. The highest BCUT2D eigenvalue weighted by atomic mass is 32.1. The van der Waals surface area contributed by atoms with Crippen LogP contribution in [0.5, 0.6) is 5.75 Å². The fraction of sp³-hybridized carbons (Fsp3) is 0.286. The van der Waals surface area contributed by atoms with Gasteiger partial charge in [-0.3, -0.25) is 0 Å². The molecule has 1 atom stereocenters. The molecule has 0 radical (unpaired) electrons. The van der Waals surface area contributed by atoms with E-state index in [1.807, 2.05) is 30.3 Å². The van der Waals surface area contributed by atoms with Crippen molar-refractivity contribution in [3.05, 3.63) is 51.7 Å². The molecule has 1 aromatic carbocycles. The van der Waals surface area contributed by atoms with Crippen molar-refractivity contribution in [3.8, 4) is 5.75 Å². The van der Waals surface area contributed by atoms with Crippen molar-refractivity contribution in [2.45, 2.75) is 19.4 Å². The summed E-state index contributed by atoms with van der Waals surface area (Å²) in [5, 5.41) is 10.3. The van der Waals surface area contributed by atoms with Gasteiger partial charge in [0, 0.05) is 15.3 Å². The van der Waals surface area contributed by atoms with Crippen LogP contribution < -0.4 is 4.74 Å². The first-order valence-corrected chi connectivity index (χ1v) is 6.47. The molecule has 0 spiro atoms. The Bertz CT molecular complexity index is 490. The number of ether oxygens (including phenoxy) is 1. The van der Waals surface area contributed by atoms with Crippen LogP contribution in [0.15, 0.2) is 36.4 Å². The number of aliphatic hydroxyl groups excluding tert-OH is 1. The van der Waals surface area contributed by atoms with Crippen molar-refractivity contribution >= 4 is 11.3 Å². The lowest BCUT2D eigenvalue weighted by molar-refractivity contribution is 0.218. The average Bonchev–Trinajstić information content (AvgIpc) is 2.86. The van der Waals surface area contributed by atoms with E-state index in [9.17, 15) is 5.11 Å². The number of rotatable bonds is 4. The van der Waals surface area contributed by atoms with Gasteiger partial charge in [-0.25, -0.2) is 0 Å². The van der Waals surface area contributed by atoms with Crippen LogP contribution in [0.2, 0.25) is 0 Å². The van der Waals surface area contributed by atoms with Crippen molar-refractivity contribution in [2.24, 2.45) is 0 Å². The lowest BCUT2D eigenvalue weighted by atomic mass is 10.1. The molecule has 0 saturated carbocycles. The van der Waals surface area contributed by atoms with Crippen molar-refractivity contribution in [1.82, 2.24) is 0 Å². The largest absolute Gasteiger partial charge is 0.496 e. The maximum atomic E-state index is 10.3. The second kappa shape index (κ2) is 5.34. The summed E-state index contributed by atoms with van der Waals surface area (Å²) < 4.78 is 5.27. The number of aliphatic hydroxyl groups is 1. The van der Waals surface area contributed by atoms with Gasteiger partial charge in [-0.1, -0.05) is 25.1 Å². The first-order chi connectivity index (χ1) is 8.26. The lowest BCUT2D eigenvalue weighted by Crippen LogP contribution is -2.00. The smallest absolute Gasteiger partial charge is 0.125 e. The molecule has 0 aliphatic carbocycles. The fourth-order valence-electron chi connectivity index (χ4n) is 1.78. The lowest BCUT2D eigenvalue weighted by Gasteiger charge is -2.13. The zero-order valence-corrected chi connectivity index (χ0v) is 10.8. The highest BCUT2D eigenvalue weighted by Gasteiger charge is 2.16. The Kier molecular flexibility index (Phi) is 3.82. The number of methoxy groups -OCH3 is 1. The summed E-state index contributed by atoms with van der Waals surface area (Å²) in [5.74, 6) is 0.728. The molecule has 2 nitrogen and oxygen atoms in total. The molecule has 1 unspecified atom stereocenters. The Morgan fingerprint density at radius 3 is 2.65 bits per heavy atom. The molecule has 0 aliphatic rings. The minimum absolute atomic E-state index is 0.601. The third-order valence-electron chi connectivity index (χ3n) is 2.73. The predicted octanol–water partition coefficient (Wildman–Crippen LogP) is 3.40. The van der Waals surface area contributed by atoms with E-state index in [-0.39, 0.29) is 0 Å². The molecule has 1 aromatic heterocycles. The van der Waals surface area contributed by atoms with Gasteiger partial charge in [-0.2, -0.15) is 0 Å². The van der Waals surface area contributed by atoms with E-state index in [2.05, 4.69) is 13.0 Å². The zero-order valence-electron chi connectivity index (χ0n) is 10.0. The monoisotopic (exact) mass is 248 g/mol. The first-order valence-electron chi connectivity index (χ1n) is 5.65. The van der Waals surface area contributed by atoms with Gasteiger partial charge in [-0.05, 0) is 24.6 Å². The summed E-state index contributed by atoms with van der Waals surface area (Å²) in [6, 6.07) is 11.6. The van der Waals surface area contributed by atoms with E-state index in [1.165, 1.54) is 4.88 Å². The molecule has 1 N–H and O–H groups in total. The maximum Gasteiger partial charge on any atom is 0.125 e. The molecule has 0 bridgehead atoms. The van der Waals surface area contributed by atoms with Gasteiger partial charge in [-0.15, -0.1) is 11.3 Å². The summed E-state index contributed by atoms with van der Waals surface area (Å²) in [7, 11) is 1.62. The molecule has 0 fully saturated rings. The highest BCUT2D eigenvalue weighted by molar-refractivity contribution is 7.12. The van der Waals surface area contributed by atoms with Gasteiger partial charge in [0.2, 0.25) is 0 Å². The highest BCUT2D eigenvalue weighted by Crippen LogP contribution is 2.33. The number of benzene rings is 1. The number of thiophene rings is 1. The number of hydrogen-bond acceptors (Lipinski definition) is 3. The third-order valence-corrected chi connectivity index (χ3v) is 4.02. The summed E-state index contributed by atoms with van der Waals surface area (Å²) in [6.07, 6.45) is 0.403. The van der Waals surface area contributed by atoms with E-state index < -0.39 is 6.10 Å². The molecule has 0 amide bonds. The number of hydrogen-bond donors (Lipinski definition) is 1. The van der Waals surface area contributed by atoms with Gasteiger partial charge < -0.3 is 9.84 Å². The zero-order chi connectivity index (χ0) is 12.3. The molecular formula is C14H16O2S. The summed E-state index contributed by atoms with van der Waals surface area (Å²) in [5.41, 5.74) is 0.819. The summed E-state index contributed by atoms with van der Waals surface area (Å²) in [6.45, 7) is 2.12. The van der Waals surface area contributed by atoms with Crippen LogP contribution in [0, 0.1) is 0 Å². The van der Waals surface area contributed by atoms with Gasteiger partial charge in [0.25, 0.3) is 0 Å². The first kappa shape index (κ1) is 12.1. The van der Waals surface area contributed by atoms with E-state index in [4.69, 9.17) is 4.74 Å². The standard InChI is InChI=1S/C14H16O2S/c1-3-10-8-9-13(17-10)14(15)11-6-4-5-7-12(11)16-2/h4-9,14-15H,3H2,1-2H3. The molecule has 2 aromatic rings. The van der Waals surface area contributed by atoms with Crippen molar-refractivity contribution in [1.29, 1.82) is 0 Å². The topological polar surface area (TPSA) is 29.5 Å². The van der Waals surface area contributed by atoms with Gasteiger partial charge in [0.15, 0.2) is 0 Å². The molecule has 0 aliphatic heterocycles. The van der Waals surface area contributed by atoms with E-state index >= 15 is 0 Å². The van der Waals surface area contributed by atoms with Gasteiger partial charge in [0.05, 0.1) is 7.11 Å². The Hall–Kier alpha value is -1.32. The molecule has 90 valence electrons. The summed E-state index contributed by atoms with van der Waals surface area (Å²) in [4.78, 5) is 2.25. The quantitative estimate of drug-likeness (QED) is 0.898. The van der Waals surface area contributed by atoms with Crippen LogP contribution in [-0.4, -0.2) is 12.2 Å². The predicted molar refractivity (Wildman–Crippen MR) is 70.8 cm³/mol. The normalized spacial score (nSPS) is 12.4. The SMILES string of the molecule is CCc1ccc(C(O)c2ccccc2OC)s1. The van der Waals surface area contributed by atoms with Crippen LogP contribution >= 0.6 is 11.3 Å². The molecule has 17 heavy (non-hydrogen) atoms. The van der Waals surface area contributed by atoms with E-state index in [0.717, 1.165) is 22.6 Å². The van der Waals surface area contributed by atoms with Gasteiger partial charge >= 0.3 is 0 Å². The third kappa shape index (κ3) is 2.51. The molecule has 3 heteroatoms. The van der Waals surface area contributed by atoms with Crippen LogP contribution in [0.1, 0.15) is 28.3 Å². The van der Waals surface area contributed by atoms with Crippen molar-refractivity contribution < 1.29 is 9.84 Å². The van der Waals surface area contributed by atoms with Gasteiger partial charge in [0.1, 0.15) is 11.9 Å². The molecular weight excluding hydrogens is 232 g/mol. The second-order valence-corrected chi connectivity index (χ2v) is 5.00. The second-order valence-electron chi connectivity index (χ2n) is 3.80. The van der Waals surface area contributed by atoms with Crippen molar-refractivity contribution in [3.63, 3.8) is 0 Å². The Labute approximate surface area is 105 Å². The summed E-state index contributed by atoms with van der Waals surface area (Å²) >= 11 is 1.65. The van der Waals surface area contributed by atoms with Crippen molar-refractivity contribution in [2.75, 3.05) is 7.11 Å². The molecule has 2 rings (SSSR count). The minimum atomic E-state index is -0.601. The molecule has 0 saturated heterocycles. The number of aryl methyl sites for hydroxylation is 1. The van der Waals surface area contributed by atoms with Crippen LogP contribution in [0.4, 0.5) is 0 Å². The number of para-hydroxylation sites is 1. The van der Waals surface area contributed by atoms with Crippen LogP contribution in [0.25, 0.3) is 0 Å². The Morgan fingerprint density at radius 2 is 2.00 bits per heavy atom. The molecule has 1 heterocycles. The van der Waals surface area contributed by atoms with E-state index in [1.54, 1.807) is 18.4 Å². The Morgan fingerprint density at radius 1 is 1.24 bits per heavy atom. The van der Waals surface area contributed by atoms with E-state index in [0.29, 0.717) is 0 Å².